The Morgan fingerprint density at radius 2 is 2.17 bits per heavy atom. The molecule has 7 heteroatoms. The van der Waals surface area contributed by atoms with Gasteiger partial charge in [-0.1, -0.05) is 6.07 Å². The second-order valence-corrected chi connectivity index (χ2v) is 5.39. The largest absolute Gasteiger partial charge is 0.497 e. The van der Waals surface area contributed by atoms with E-state index in [-0.39, 0.29) is 4.90 Å². The highest BCUT2D eigenvalue weighted by atomic mass is 32.2. The number of aryl methyl sites for hydroxylation is 1. The monoisotopic (exact) mass is 267 g/mol. The number of H-pyrrole nitrogens is 1. The molecule has 0 saturated carbocycles. The van der Waals surface area contributed by atoms with E-state index >= 15 is 0 Å². The molecule has 1 aromatic carbocycles. The summed E-state index contributed by atoms with van der Waals surface area (Å²) < 4.78 is 31.6. The van der Waals surface area contributed by atoms with Crippen LogP contribution in [0.5, 0.6) is 5.75 Å². The van der Waals surface area contributed by atoms with E-state index in [2.05, 4.69) is 14.9 Å². The molecular formula is C11H13N3O3S. The molecule has 0 amide bonds. The van der Waals surface area contributed by atoms with Gasteiger partial charge < -0.3 is 4.74 Å². The van der Waals surface area contributed by atoms with Gasteiger partial charge in [0, 0.05) is 11.6 Å². The van der Waals surface area contributed by atoms with Crippen LogP contribution in [0.4, 0.5) is 5.82 Å². The Labute approximate surface area is 105 Å². The van der Waals surface area contributed by atoms with E-state index in [1.165, 1.54) is 19.2 Å². The Bertz CT molecular complexity index is 649. The van der Waals surface area contributed by atoms with Gasteiger partial charge in [0.15, 0.2) is 0 Å². The van der Waals surface area contributed by atoms with Crippen LogP contribution >= 0.6 is 0 Å². The molecular weight excluding hydrogens is 254 g/mol. The molecule has 0 saturated heterocycles. The van der Waals surface area contributed by atoms with Crippen molar-refractivity contribution in [2.24, 2.45) is 0 Å². The van der Waals surface area contributed by atoms with Gasteiger partial charge in [-0.3, -0.25) is 9.82 Å². The first-order valence-corrected chi connectivity index (χ1v) is 6.68. The van der Waals surface area contributed by atoms with Gasteiger partial charge in [-0.2, -0.15) is 5.10 Å². The summed E-state index contributed by atoms with van der Waals surface area (Å²) in [5.74, 6) is 0.844. The predicted octanol–water partition coefficient (Wildman–Crippen LogP) is 1.53. The third-order valence-electron chi connectivity index (χ3n) is 2.42. The molecule has 6 nitrogen and oxygen atoms in total. The molecule has 1 heterocycles. The van der Waals surface area contributed by atoms with Gasteiger partial charge in [0.1, 0.15) is 11.6 Å². The van der Waals surface area contributed by atoms with Crippen molar-refractivity contribution in [3.63, 3.8) is 0 Å². The summed E-state index contributed by atoms with van der Waals surface area (Å²) in [4.78, 5) is 0.135. The highest BCUT2D eigenvalue weighted by Crippen LogP contribution is 2.20. The van der Waals surface area contributed by atoms with Crippen molar-refractivity contribution in [2.45, 2.75) is 11.8 Å². The molecule has 0 aliphatic heterocycles. The van der Waals surface area contributed by atoms with Crippen LogP contribution in [0.15, 0.2) is 35.4 Å². The maximum absolute atomic E-state index is 12.1. The number of ether oxygens (including phenoxy) is 1. The molecule has 96 valence electrons. The van der Waals surface area contributed by atoms with E-state index < -0.39 is 10.0 Å². The molecule has 0 atom stereocenters. The molecule has 0 unspecified atom stereocenters. The summed E-state index contributed by atoms with van der Waals surface area (Å²) >= 11 is 0. The summed E-state index contributed by atoms with van der Waals surface area (Å²) in [5, 5.41) is 6.35. The van der Waals surface area contributed by atoms with Crippen molar-refractivity contribution in [1.29, 1.82) is 0 Å². The van der Waals surface area contributed by atoms with Crippen molar-refractivity contribution in [3.8, 4) is 5.75 Å². The van der Waals surface area contributed by atoms with E-state index in [0.717, 1.165) is 5.56 Å². The predicted molar refractivity (Wildman–Crippen MR) is 67.1 cm³/mol. The van der Waals surface area contributed by atoms with Gasteiger partial charge in [0.25, 0.3) is 10.0 Å². The lowest BCUT2D eigenvalue weighted by molar-refractivity contribution is 0.413. The standard InChI is InChI=1S/C11H13N3O3S/c1-8-7-12-13-11(8)14-18(15,16)10-5-3-4-9(6-10)17-2/h3-7H,1-2H3,(H2,12,13,14). The van der Waals surface area contributed by atoms with Crippen molar-refractivity contribution in [1.82, 2.24) is 10.2 Å². The smallest absolute Gasteiger partial charge is 0.263 e. The summed E-state index contributed by atoms with van der Waals surface area (Å²) in [6, 6.07) is 6.25. The SMILES string of the molecule is COc1cccc(S(=O)(=O)Nc2[nH]ncc2C)c1. The molecule has 2 rings (SSSR count). The Balaban J connectivity index is 2.33. The number of anilines is 1. The van der Waals surface area contributed by atoms with Gasteiger partial charge in [-0.05, 0) is 19.1 Å². The zero-order valence-corrected chi connectivity index (χ0v) is 10.8. The number of aromatic amines is 1. The fraction of sp³-hybridized carbons (Fsp3) is 0.182. The van der Waals surface area contributed by atoms with E-state index in [0.29, 0.717) is 11.6 Å². The Hall–Kier alpha value is -2.02. The van der Waals surface area contributed by atoms with Crippen LogP contribution in [0.2, 0.25) is 0 Å². The number of hydrogen-bond donors (Lipinski definition) is 2. The average molecular weight is 267 g/mol. The first-order valence-electron chi connectivity index (χ1n) is 5.20. The average Bonchev–Trinajstić information content (AvgIpc) is 2.74. The van der Waals surface area contributed by atoms with Crippen molar-refractivity contribution < 1.29 is 13.2 Å². The van der Waals surface area contributed by atoms with Crippen molar-refractivity contribution >= 4 is 15.8 Å². The second kappa shape index (κ2) is 4.69. The van der Waals surface area contributed by atoms with E-state index in [9.17, 15) is 8.42 Å². The lowest BCUT2D eigenvalue weighted by atomic mass is 10.3. The number of nitrogens with one attached hydrogen (secondary N) is 2. The lowest BCUT2D eigenvalue weighted by Crippen LogP contribution is -2.14. The number of nitrogens with zero attached hydrogens (tertiary/aromatic N) is 1. The summed E-state index contributed by atoms with van der Waals surface area (Å²) in [5.41, 5.74) is 0.724. The molecule has 0 radical (unpaired) electrons. The fourth-order valence-corrected chi connectivity index (χ4v) is 2.53. The molecule has 0 spiro atoms. The van der Waals surface area contributed by atoms with E-state index in [4.69, 9.17) is 4.74 Å². The van der Waals surface area contributed by atoms with Crippen LogP contribution < -0.4 is 9.46 Å². The highest BCUT2D eigenvalue weighted by molar-refractivity contribution is 7.92. The normalized spacial score (nSPS) is 11.2. The molecule has 0 bridgehead atoms. The highest BCUT2D eigenvalue weighted by Gasteiger charge is 2.16. The van der Waals surface area contributed by atoms with Crippen LogP contribution in [0.1, 0.15) is 5.56 Å². The zero-order chi connectivity index (χ0) is 13.2. The molecule has 2 aromatic rings. The first-order chi connectivity index (χ1) is 8.53. The Morgan fingerprint density at radius 1 is 1.39 bits per heavy atom. The van der Waals surface area contributed by atoms with Crippen molar-refractivity contribution in [2.75, 3.05) is 11.8 Å². The van der Waals surface area contributed by atoms with Gasteiger partial charge in [-0.25, -0.2) is 8.42 Å². The van der Waals surface area contributed by atoms with Crippen LogP contribution in [0.25, 0.3) is 0 Å². The fourth-order valence-electron chi connectivity index (χ4n) is 1.41. The third-order valence-corrected chi connectivity index (χ3v) is 3.76. The maximum atomic E-state index is 12.1. The number of benzene rings is 1. The minimum atomic E-state index is -3.64. The Morgan fingerprint density at radius 3 is 2.78 bits per heavy atom. The van der Waals surface area contributed by atoms with Crippen LogP contribution in [0.3, 0.4) is 0 Å². The molecule has 0 fully saturated rings. The summed E-state index contributed by atoms with van der Waals surface area (Å²) in [6.45, 7) is 1.76. The van der Waals surface area contributed by atoms with Gasteiger partial charge in [0.2, 0.25) is 0 Å². The van der Waals surface area contributed by atoms with E-state index in [1.54, 1.807) is 25.3 Å². The van der Waals surface area contributed by atoms with Gasteiger partial charge in [0.05, 0.1) is 18.2 Å². The first kappa shape index (κ1) is 12.4. The minimum absolute atomic E-state index is 0.135. The number of methoxy groups -OCH3 is 1. The van der Waals surface area contributed by atoms with Crippen LogP contribution in [-0.4, -0.2) is 25.7 Å². The minimum Gasteiger partial charge on any atom is -0.497 e. The topological polar surface area (TPSA) is 84.1 Å². The third kappa shape index (κ3) is 2.45. The number of aromatic nitrogens is 2. The number of sulfonamides is 1. The van der Waals surface area contributed by atoms with Crippen LogP contribution in [0, 0.1) is 6.92 Å². The molecule has 0 aliphatic carbocycles. The molecule has 1 aromatic heterocycles. The Kier molecular flexibility index (Phi) is 3.24. The maximum Gasteiger partial charge on any atom is 0.263 e. The van der Waals surface area contributed by atoms with E-state index in [1.807, 2.05) is 0 Å². The number of rotatable bonds is 4. The van der Waals surface area contributed by atoms with Crippen molar-refractivity contribution in [3.05, 3.63) is 36.0 Å². The van der Waals surface area contributed by atoms with Crippen LogP contribution in [-0.2, 0) is 10.0 Å². The summed E-state index contributed by atoms with van der Waals surface area (Å²) in [7, 11) is -2.16. The molecule has 0 aliphatic rings. The second-order valence-electron chi connectivity index (χ2n) is 3.71. The lowest BCUT2D eigenvalue weighted by Gasteiger charge is -2.08. The zero-order valence-electron chi connectivity index (χ0n) is 9.97. The number of hydrogen-bond acceptors (Lipinski definition) is 4. The van der Waals surface area contributed by atoms with Gasteiger partial charge in [-0.15, -0.1) is 0 Å². The summed E-state index contributed by atoms with van der Waals surface area (Å²) in [6.07, 6.45) is 1.55. The molecule has 2 N–H and O–H groups in total. The molecule has 18 heavy (non-hydrogen) atoms. The van der Waals surface area contributed by atoms with Gasteiger partial charge >= 0.3 is 0 Å². The quantitative estimate of drug-likeness (QED) is 0.879.